The number of carbonyl (C=O) groups excluding carboxylic acids is 2. The zero-order chi connectivity index (χ0) is 28.4. The highest BCUT2D eigenvalue weighted by Crippen LogP contribution is 2.37. The topological polar surface area (TPSA) is 59.1 Å². The first kappa shape index (κ1) is 27.1. The molecule has 9 heteroatoms. The predicted molar refractivity (Wildman–Crippen MR) is 154 cm³/mol. The number of fused-ring (bicyclic) bond motifs is 2. The van der Waals surface area contributed by atoms with Gasteiger partial charge in [-0.3, -0.25) is 20.0 Å². The van der Waals surface area contributed by atoms with Gasteiger partial charge in [0.05, 0.1) is 23.5 Å². The van der Waals surface area contributed by atoms with Crippen molar-refractivity contribution in [3.63, 3.8) is 0 Å². The van der Waals surface area contributed by atoms with Crippen molar-refractivity contribution in [1.82, 2.24) is 9.91 Å². The van der Waals surface area contributed by atoms with Crippen LogP contribution in [0.3, 0.4) is 0 Å². The van der Waals surface area contributed by atoms with Gasteiger partial charge in [0.1, 0.15) is 12.0 Å². The first-order valence-corrected chi connectivity index (χ1v) is 13.2. The minimum Gasteiger partial charge on any atom is -0.308 e. The molecule has 1 N–H and O–H groups in total. The molecule has 4 aromatic carbocycles. The van der Waals surface area contributed by atoms with Gasteiger partial charge in [-0.1, -0.05) is 49.4 Å². The van der Waals surface area contributed by atoms with E-state index < -0.39 is 23.8 Å². The van der Waals surface area contributed by atoms with Crippen molar-refractivity contribution in [2.45, 2.75) is 19.5 Å². The van der Waals surface area contributed by atoms with Crippen LogP contribution in [0.2, 0.25) is 0 Å². The Balaban J connectivity index is 1.59. The van der Waals surface area contributed by atoms with Crippen LogP contribution in [0.1, 0.15) is 23.7 Å². The van der Waals surface area contributed by atoms with Crippen LogP contribution >= 0.6 is 0 Å². The summed E-state index contributed by atoms with van der Waals surface area (Å²) < 4.78 is 28.2. The average Bonchev–Trinajstić information content (AvgIpc) is 2.95. The number of nitrogens with zero attached hydrogens (tertiary/aromatic N) is 4. The lowest BCUT2D eigenvalue weighted by Gasteiger charge is -2.45. The molecule has 1 aliphatic heterocycles. The molecule has 0 aromatic heterocycles. The van der Waals surface area contributed by atoms with E-state index in [0.717, 1.165) is 22.9 Å². The second kappa shape index (κ2) is 11.3. The van der Waals surface area contributed by atoms with Crippen molar-refractivity contribution in [3.05, 3.63) is 102 Å². The number of carbonyl (C=O) groups is 2. The number of halogens is 2. The van der Waals surface area contributed by atoms with E-state index in [2.05, 4.69) is 5.43 Å². The summed E-state index contributed by atoms with van der Waals surface area (Å²) >= 11 is 0. The normalized spacial score (nSPS) is 14.9. The largest absolute Gasteiger partial charge is 0.344 e. The molecule has 1 aliphatic rings. The van der Waals surface area contributed by atoms with Gasteiger partial charge in [0.2, 0.25) is 0 Å². The Morgan fingerprint density at radius 2 is 1.62 bits per heavy atom. The van der Waals surface area contributed by atoms with Gasteiger partial charge in [0, 0.05) is 18.3 Å². The van der Waals surface area contributed by atoms with Crippen LogP contribution < -0.4 is 15.2 Å². The van der Waals surface area contributed by atoms with Gasteiger partial charge in [-0.15, -0.1) is 0 Å². The molecule has 0 spiro atoms. The van der Waals surface area contributed by atoms with Gasteiger partial charge in [0.15, 0.2) is 5.82 Å². The Hall–Kier alpha value is -4.50. The standard InChI is InChI=1S/C31H31F2N5O2/c1-4-29-37(24-15-13-21-9-5-6-10-22(21)19-24)30(39)25-11-7-8-12-28(25)38(29)31(40)36(18-17-35(2)3)34-27-16-14-23(32)20-26(27)33/h5-16,19-20,29,34H,4,17-18H2,1-3H3. The summed E-state index contributed by atoms with van der Waals surface area (Å²) in [7, 11) is 3.73. The Kier molecular flexibility index (Phi) is 7.66. The smallest absolute Gasteiger partial charge is 0.308 e. The van der Waals surface area contributed by atoms with E-state index in [4.69, 9.17) is 0 Å². The molecule has 1 unspecified atom stereocenters. The van der Waals surface area contributed by atoms with Crippen molar-refractivity contribution < 1.29 is 18.4 Å². The maximum absolute atomic E-state index is 14.6. The third-order valence-electron chi connectivity index (χ3n) is 6.98. The maximum atomic E-state index is 14.6. The number of likely N-dealkylation sites (N-methyl/N-ethyl adjacent to an activating group) is 1. The van der Waals surface area contributed by atoms with Crippen LogP contribution in [0.25, 0.3) is 10.8 Å². The third kappa shape index (κ3) is 5.20. The van der Waals surface area contributed by atoms with E-state index >= 15 is 0 Å². The van der Waals surface area contributed by atoms with Crippen molar-refractivity contribution in [3.8, 4) is 0 Å². The lowest BCUT2D eigenvalue weighted by molar-refractivity contribution is 0.0968. The van der Waals surface area contributed by atoms with Crippen molar-refractivity contribution in [2.75, 3.05) is 42.4 Å². The lowest BCUT2D eigenvalue weighted by atomic mass is 10.0. The van der Waals surface area contributed by atoms with Gasteiger partial charge in [0.25, 0.3) is 5.91 Å². The molecular weight excluding hydrogens is 512 g/mol. The molecule has 4 aromatic rings. The molecule has 206 valence electrons. The molecule has 0 saturated carbocycles. The monoisotopic (exact) mass is 543 g/mol. The molecule has 1 heterocycles. The lowest BCUT2D eigenvalue weighted by Crippen LogP contribution is -2.61. The zero-order valence-corrected chi connectivity index (χ0v) is 22.6. The van der Waals surface area contributed by atoms with E-state index in [1.807, 2.05) is 68.4 Å². The van der Waals surface area contributed by atoms with E-state index in [9.17, 15) is 18.4 Å². The molecule has 1 atom stereocenters. The van der Waals surface area contributed by atoms with Gasteiger partial charge >= 0.3 is 6.03 Å². The number of nitrogens with one attached hydrogen (secondary N) is 1. The van der Waals surface area contributed by atoms with Crippen molar-refractivity contribution >= 4 is 39.8 Å². The third-order valence-corrected chi connectivity index (χ3v) is 6.98. The summed E-state index contributed by atoms with van der Waals surface area (Å²) in [4.78, 5) is 33.4. The second-order valence-corrected chi connectivity index (χ2v) is 9.96. The number of amides is 3. The van der Waals surface area contributed by atoms with Gasteiger partial charge in [-0.2, -0.15) is 0 Å². The summed E-state index contributed by atoms with van der Waals surface area (Å²) in [6.45, 7) is 2.58. The fourth-order valence-electron chi connectivity index (χ4n) is 4.97. The van der Waals surface area contributed by atoms with E-state index in [-0.39, 0.29) is 18.1 Å². The molecular formula is C31H31F2N5O2. The highest BCUT2D eigenvalue weighted by Gasteiger charge is 2.42. The number of rotatable bonds is 7. The number of para-hydroxylation sites is 1. The van der Waals surface area contributed by atoms with Gasteiger partial charge < -0.3 is 4.90 Å². The Morgan fingerprint density at radius 1 is 0.900 bits per heavy atom. The minimum absolute atomic E-state index is 0.0330. The number of urea groups is 1. The van der Waals surface area contributed by atoms with Crippen molar-refractivity contribution in [2.24, 2.45) is 0 Å². The number of hydrogen-bond donors (Lipinski definition) is 1. The zero-order valence-electron chi connectivity index (χ0n) is 22.6. The molecule has 0 fully saturated rings. The van der Waals surface area contributed by atoms with Crippen LogP contribution in [-0.2, 0) is 0 Å². The van der Waals surface area contributed by atoms with Gasteiger partial charge in [-0.25, -0.2) is 18.6 Å². The first-order chi connectivity index (χ1) is 19.3. The summed E-state index contributed by atoms with van der Waals surface area (Å²) in [5.74, 6) is -1.74. The SMILES string of the molecule is CCC1N(c2ccc3ccccc3c2)C(=O)c2ccccc2N1C(=O)N(CCN(C)C)Nc1ccc(F)cc1F. The van der Waals surface area contributed by atoms with Crippen LogP contribution in [0, 0.1) is 11.6 Å². The van der Waals surface area contributed by atoms with E-state index in [1.165, 1.54) is 11.1 Å². The predicted octanol–water partition coefficient (Wildman–Crippen LogP) is 6.33. The van der Waals surface area contributed by atoms with Gasteiger partial charge in [-0.05, 0) is 67.7 Å². The average molecular weight is 544 g/mol. The number of benzene rings is 4. The number of hydrogen-bond acceptors (Lipinski definition) is 4. The molecule has 0 bridgehead atoms. The molecule has 7 nitrogen and oxygen atoms in total. The molecule has 40 heavy (non-hydrogen) atoms. The Labute approximate surface area is 232 Å². The first-order valence-electron chi connectivity index (χ1n) is 13.2. The molecule has 5 rings (SSSR count). The maximum Gasteiger partial charge on any atom is 0.344 e. The number of hydrazine groups is 1. The molecule has 0 saturated heterocycles. The fourth-order valence-corrected chi connectivity index (χ4v) is 4.97. The molecule has 3 amide bonds. The highest BCUT2D eigenvalue weighted by molar-refractivity contribution is 6.16. The highest BCUT2D eigenvalue weighted by atomic mass is 19.1. The molecule has 0 radical (unpaired) electrons. The van der Waals surface area contributed by atoms with E-state index in [1.54, 1.807) is 34.1 Å². The minimum atomic E-state index is -0.818. The summed E-state index contributed by atoms with van der Waals surface area (Å²) in [6.07, 6.45) is -0.219. The fraction of sp³-hybridized carbons (Fsp3) is 0.226. The second-order valence-electron chi connectivity index (χ2n) is 9.96. The van der Waals surface area contributed by atoms with Crippen LogP contribution in [0.5, 0.6) is 0 Å². The van der Waals surface area contributed by atoms with Crippen LogP contribution in [-0.4, -0.2) is 55.2 Å². The van der Waals surface area contributed by atoms with Crippen molar-refractivity contribution in [1.29, 1.82) is 0 Å². The van der Waals surface area contributed by atoms with Crippen LogP contribution in [0.15, 0.2) is 84.9 Å². The Morgan fingerprint density at radius 3 is 2.35 bits per heavy atom. The number of anilines is 3. The summed E-state index contributed by atoms with van der Waals surface area (Å²) in [5, 5.41) is 3.32. The van der Waals surface area contributed by atoms with E-state index in [0.29, 0.717) is 29.9 Å². The quantitative estimate of drug-likeness (QED) is 0.277. The Bertz CT molecular complexity index is 1560. The summed E-state index contributed by atoms with van der Waals surface area (Å²) in [5.41, 5.74) is 4.35. The summed E-state index contributed by atoms with van der Waals surface area (Å²) in [6, 6.07) is 23.3. The molecule has 0 aliphatic carbocycles. The van der Waals surface area contributed by atoms with Crippen LogP contribution in [0.4, 0.5) is 30.6 Å².